The van der Waals surface area contributed by atoms with Gasteiger partial charge in [0.2, 0.25) is 0 Å². The lowest BCUT2D eigenvalue weighted by Crippen LogP contribution is -2.01. The SMILES string of the molecule is Cc1ccc(-c2ccc3c(c2)c2ccccc2n3-c2cccc(-c3cc(-c4nc(-c5ccccc5)cc(-c5ccccc5)n4)ccc3-n3c4ccccc4c4cc(-c5ccc(C)cc5C)ccc43)c2)c(C)c1. The lowest BCUT2D eigenvalue weighted by Gasteiger charge is -2.18. The van der Waals surface area contributed by atoms with Gasteiger partial charge in [0.1, 0.15) is 0 Å². The molecule has 0 aliphatic rings. The Morgan fingerprint density at radius 2 is 0.764 bits per heavy atom. The molecule has 0 amide bonds. The van der Waals surface area contributed by atoms with Gasteiger partial charge in [-0.2, -0.15) is 0 Å². The highest BCUT2D eigenvalue weighted by Crippen LogP contribution is 2.42. The maximum Gasteiger partial charge on any atom is 0.160 e. The van der Waals surface area contributed by atoms with Crippen molar-refractivity contribution >= 4 is 43.6 Å². The zero-order valence-electron chi connectivity index (χ0n) is 40.7. The number of rotatable bonds is 8. The minimum atomic E-state index is 0.668. The largest absolute Gasteiger partial charge is 0.309 e. The standard InChI is InChI=1S/C68H50N4/c1-43-26-31-54(45(3)36-43)50-28-33-66-59(39-50)56-22-11-13-24-63(56)71(66)53-21-15-20-49(38-53)58-41-52(68-69-61(47-16-7-5-8-17-47)42-62(70-68)48-18-9-6-10-19-48)30-35-65(58)72-64-25-14-12-23-57(64)60-40-51(29-34-67(60)72)55-32-27-44(2)37-46(55)4/h5-42H,1-4H3. The van der Waals surface area contributed by atoms with Gasteiger partial charge in [0.25, 0.3) is 0 Å². The van der Waals surface area contributed by atoms with Crippen molar-refractivity contribution in [2.24, 2.45) is 0 Å². The minimum Gasteiger partial charge on any atom is -0.309 e. The molecule has 3 aromatic heterocycles. The van der Waals surface area contributed by atoms with E-state index in [2.05, 4.69) is 255 Å². The van der Waals surface area contributed by atoms with Gasteiger partial charge in [-0.3, -0.25) is 0 Å². The summed E-state index contributed by atoms with van der Waals surface area (Å²) >= 11 is 0. The summed E-state index contributed by atoms with van der Waals surface area (Å²) in [5, 5.41) is 4.87. The molecule has 13 rings (SSSR count). The molecule has 4 nitrogen and oxygen atoms in total. The monoisotopic (exact) mass is 922 g/mol. The number of aryl methyl sites for hydroxylation is 4. The van der Waals surface area contributed by atoms with Gasteiger partial charge in [0.15, 0.2) is 5.82 Å². The molecule has 0 fully saturated rings. The Kier molecular flexibility index (Phi) is 10.4. The molecule has 342 valence electrons. The molecule has 0 aliphatic heterocycles. The van der Waals surface area contributed by atoms with Crippen LogP contribution in [0.5, 0.6) is 0 Å². The van der Waals surface area contributed by atoms with Gasteiger partial charge in [-0.1, -0.05) is 169 Å². The van der Waals surface area contributed by atoms with Crippen molar-refractivity contribution in [3.05, 3.63) is 253 Å². The normalized spacial score (nSPS) is 11.6. The number of fused-ring (bicyclic) bond motifs is 6. The predicted molar refractivity (Wildman–Crippen MR) is 302 cm³/mol. The molecule has 10 aromatic carbocycles. The van der Waals surface area contributed by atoms with Gasteiger partial charge in [-0.25, -0.2) is 9.97 Å². The van der Waals surface area contributed by atoms with Gasteiger partial charge in [-0.15, -0.1) is 0 Å². The molecule has 4 heteroatoms. The topological polar surface area (TPSA) is 35.6 Å². The van der Waals surface area contributed by atoms with E-state index in [-0.39, 0.29) is 0 Å². The van der Waals surface area contributed by atoms with Crippen molar-refractivity contribution in [2.75, 3.05) is 0 Å². The summed E-state index contributed by atoms with van der Waals surface area (Å²) in [6, 6.07) is 83.8. The van der Waals surface area contributed by atoms with Crippen LogP contribution in [0, 0.1) is 27.7 Å². The average molecular weight is 923 g/mol. The number of hydrogen-bond acceptors (Lipinski definition) is 2. The Labute approximate surface area is 419 Å². The number of aromatic nitrogens is 4. The summed E-state index contributed by atoms with van der Waals surface area (Å²) in [6.07, 6.45) is 0. The summed E-state index contributed by atoms with van der Waals surface area (Å²) in [4.78, 5) is 10.6. The molecule has 0 atom stereocenters. The Morgan fingerprint density at radius 1 is 0.292 bits per heavy atom. The minimum absolute atomic E-state index is 0.668. The summed E-state index contributed by atoms with van der Waals surface area (Å²) in [6.45, 7) is 8.74. The van der Waals surface area contributed by atoms with Crippen molar-refractivity contribution in [3.8, 4) is 78.7 Å². The van der Waals surface area contributed by atoms with Crippen molar-refractivity contribution in [3.63, 3.8) is 0 Å². The molecule has 0 N–H and O–H groups in total. The first-order chi connectivity index (χ1) is 35.3. The summed E-state index contributed by atoms with van der Waals surface area (Å²) < 4.78 is 4.88. The van der Waals surface area contributed by atoms with Gasteiger partial charge < -0.3 is 9.13 Å². The van der Waals surface area contributed by atoms with Gasteiger partial charge in [-0.05, 0) is 139 Å². The predicted octanol–water partition coefficient (Wildman–Crippen LogP) is 17.9. The Morgan fingerprint density at radius 3 is 1.33 bits per heavy atom. The van der Waals surface area contributed by atoms with Crippen LogP contribution in [0.25, 0.3) is 122 Å². The fourth-order valence-corrected chi connectivity index (χ4v) is 11.1. The van der Waals surface area contributed by atoms with E-state index in [1.165, 1.54) is 66.1 Å². The van der Waals surface area contributed by atoms with Gasteiger partial charge in [0.05, 0.1) is 39.1 Å². The van der Waals surface area contributed by atoms with Crippen molar-refractivity contribution in [1.82, 2.24) is 19.1 Å². The van der Waals surface area contributed by atoms with E-state index in [9.17, 15) is 0 Å². The lowest BCUT2D eigenvalue weighted by atomic mass is 9.97. The molecular formula is C68H50N4. The number of para-hydroxylation sites is 2. The molecular weight excluding hydrogens is 873 g/mol. The van der Waals surface area contributed by atoms with E-state index in [1.807, 2.05) is 12.1 Å². The summed E-state index contributed by atoms with van der Waals surface area (Å²) in [5.74, 6) is 0.668. The van der Waals surface area contributed by atoms with Gasteiger partial charge >= 0.3 is 0 Å². The highest BCUT2D eigenvalue weighted by Gasteiger charge is 2.21. The number of benzene rings is 10. The Hall–Kier alpha value is -9.12. The van der Waals surface area contributed by atoms with Gasteiger partial charge in [0, 0.05) is 49.5 Å². The number of hydrogen-bond donors (Lipinski definition) is 0. The van der Waals surface area contributed by atoms with Crippen LogP contribution >= 0.6 is 0 Å². The van der Waals surface area contributed by atoms with E-state index in [0.29, 0.717) is 5.82 Å². The molecule has 0 saturated carbocycles. The third-order valence-corrected chi connectivity index (χ3v) is 14.5. The fourth-order valence-electron chi connectivity index (χ4n) is 11.1. The van der Waals surface area contributed by atoms with Crippen LogP contribution in [0.3, 0.4) is 0 Å². The third kappa shape index (κ3) is 7.39. The van der Waals surface area contributed by atoms with E-state index in [1.54, 1.807) is 0 Å². The smallest absolute Gasteiger partial charge is 0.160 e. The summed E-state index contributed by atoms with van der Waals surface area (Å²) in [5.41, 5.74) is 23.7. The van der Waals surface area contributed by atoms with Crippen molar-refractivity contribution in [2.45, 2.75) is 27.7 Å². The van der Waals surface area contributed by atoms with E-state index < -0.39 is 0 Å². The molecule has 0 aliphatic carbocycles. The van der Waals surface area contributed by atoms with E-state index in [0.717, 1.165) is 72.6 Å². The maximum atomic E-state index is 5.32. The lowest BCUT2D eigenvalue weighted by molar-refractivity contribution is 1.16. The van der Waals surface area contributed by atoms with Crippen LogP contribution in [-0.4, -0.2) is 19.1 Å². The van der Waals surface area contributed by atoms with E-state index in [4.69, 9.17) is 9.97 Å². The quantitative estimate of drug-likeness (QED) is 0.152. The highest BCUT2D eigenvalue weighted by atomic mass is 15.0. The molecule has 3 heterocycles. The molecule has 13 aromatic rings. The van der Waals surface area contributed by atoms with Crippen LogP contribution in [0.15, 0.2) is 231 Å². The number of nitrogens with zero attached hydrogens (tertiary/aromatic N) is 4. The summed E-state index contributed by atoms with van der Waals surface area (Å²) in [7, 11) is 0. The molecule has 0 spiro atoms. The fraction of sp³-hybridized carbons (Fsp3) is 0.0588. The second-order valence-corrected chi connectivity index (χ2v) is 19.3. The first-order valence-corrected chi connectivity index (χ1v) is 24.8. The maximum absolute atomic E-state index is 5.32. The van der Waals surface area contributed by atoms with Crippen LogP contribution < -0.4 is 0 Å². The Balaban J connectivity index is 1.04. The second-order valence-electron chi connectivity index (χ2n) is 19.3. The first-order valence-electron chi connectivity index (χ1n) is 24.8. The van der Waals surface area contributed by atoms with Crippen LogP contribution in [-0.2, 0) is 0 Å². The zero-order valence-corrected chi connectivity index (χ0v) is 40.7. The molecule has 72 heavy (non-hydrogen) atoms. The third-order valence-electron chi connectivity index (χ3n) is 14.5. The molecule has 0 radical (unpaired) electrons. The molecule has 0 bridgehead atoms. The van der Waals surface area contributed by atoms with Crippen molar-refractivity contribution in [1.29, 1.82) is 0 Å². The zero-order chi connectivity index (χ0) is 48.5. The van der Waals surface area contributed by atoms with Crippen LogP contribution in [0.4, 0.5) is 0 Å². The van der Waals surface area contributed by atoms with Crippen molar-refractivity contribution < 1.29 is 0 Å². The Bertz CT molecular complexity index is 4190. The molecule has 0 saturated heterocycles. The highest BCUT2D eigenvalue weighted by molar-refractivity contribution is 6.12. The van der Waals surface area contributed by atoms with E-state index >= 15 is 0 Å². The van der Waals surface area contributed by atoms with Crippen LogP contribution in [0.1, 0.15) is 22.3 Å². The second kappa shape index (κ2) is 17.4. The van der Waals surface area contributed by atoms with Crippen LogP contribution in [0.2, 0.25) is 0 Å². The average Bonchev–Trinajstić information content (AvgIpc) is 3.93. The molecule has 0 unspecified atom stereocenters. The first kappa shape index (κ1) is 42.9.